The van der Waals surface area contributed by atoms with Crippen LogP contribution in [0, 0.1) is 12.7 Å². The molecule has 2 aliphatic heterocycles. The predicted octanol–water partition coefficient (Wildman–Crippen LogP) is 2.90. The fourth-order valence-corrected chi connectivity index (χ4v) is 3.97. The molecule has 1 fully saturated rings. The molecule has 5 rings (SSSR count). The van der Waals surface area contributed by atoms with Crippen LogP contribution in [-0.2, 0) is 16.1 Å². The van der Waals surface area contributed by atoms with E-state index in [1.807, 2.05) is 37.4 Å². The summed E-state index contributed by atoms with van der Waals surface area (Å²) >= 11 is 0. The number of aliphatic hydroxyl groups is 1. The number of aromatic nitrogens is 3. The maximum atomic E-state index is 14.9. The van der Waals surface area contributed by atoms with Gasteiger partial charge >= 0.3 is 6.09 Å². The van der Waals surface area contributed by atoms with Crippen LogP contribution in [0.15, 0.2) is 53.8 Å². The average Bonchev–Trinajstić information content (AvgIpc) is 3.54. The zero-order chi connectivity index (χ0) is 22.9. The molecule has 0 bridgehead atoms. The average molecular weight is 451 g/mol. The molecule has 3 aromatic rings. The van der Waals surface area contributed by atoms with E-state index in [-0.39, 0.29) is 19.3 Å². The number of ether oxygens (including phenoxy) is 1. The van der Waals surface area contributed by atoms with Gasteiger partial charge in [-0.05, 0) is 36.2 Å². The molecule has 170 valence electrons. The Bertz CT molecular complexity index is 1210. The zero-order valence-electron chi connectivity index (χ0n) is 17.9. The van der Waals surface area contributed by atoms with Gasteiger partial charge in [0.2, 0.25) is 0 Å². The molecule has 1 unspecified atom stereocenters. The second-order valence-corrected chi connectivity index (χ2v) is 8.09. The van der Waals surface area contributed by atoms with Gasteiger partial charge in [-0.2, -0.15) is 0 Å². The van der Waals surface area contributed by atoms with E-state index in [1.165, 1.54) is 11.0 Å². The number of nitrogens with zero attached hydrogens (tertiary/aromatic N) is 5. The monoisotopic (exact) mass is 451 g/mol. The van der Waals surface area contributed by atoms with Crippen LogP contribution >= 0.6 is 0 Å². The third-order valence-corrected chi connectivity index (χ3v) is 5.65. The van der Waals surface area contributed by atoms with Crippen molar-refractivity contribution in [3.63, 3.8) is 0 Å². The Hall–Kier alpha value is -3.79. The van der Waals surface area contributed by atoms with Gasteiger partial charge < -0.3 is 14.7 Å². The van der Waals surface area contributed by atoms with Crippen LogP contribution in [0.4, 0.5) is 14.9 Å². The van der Waals surface area contributed by atoms with Crippen molar-refractivity contribution in [2.45, 2.75) is 32.1 Å². The number of carbonyl (C=O) groups is 1. The molecule has 1 amide bonds. The largest absolute Gasteiger partial charge is 0.441 e. The number of carbonyl (C=O) groups excluding carboxylic acids is 1. The summed E-state index contributed by atoms with van der Waals surface area (Å²) in [5.74, 6) is -0.453. The van der Waals surface area contributed by atoms with Gasteiger partial charge in [0.05, 0.1) is 36.8 Å². The lowest BCUT2D eigenvalue weighted by molar-refractivity contribution is 0.0693. The highest BCUT2D eigenvalue weighted by molar-refractivity contribution is 6.01. The first-order valence-electron chi connectivity index (χ1n) is 10.6. The molecule has 0 spiro atoms. The van der Waals surface area contributed by atoms with E-state index in [1.54, 1.807) is 16.8 Å². The van der Waals surface area contributed by atoms with Gasteiger partial charge in [0.1, 0.15) is 11.9 Å². The Morgan fingerprint density at radius 1 is 1.15 bits per heavy atom. The molecular formula is C23H22FN5O4. The second-order valence-electron chi connectivity index (χ2n) is 8.09. The van der Waals surface area contributed by atoms with E-state index in [2.05, 4.69) is 15.5 Å². The Kier molecular flexibility index (Phi) is 5.51. The Morgan fingerprint density at radius 3 is 2.61 bits per heavy atom. The molecule has 1 N–H and O–H groups in total. The molecular weight excluding hydrogens is 429 g/mol. The van der Waals surface area contributed by atoms with Gasteiger partial charge in [0, 0.05) is 18.2 Å². The van der Waals surface area contributed by atoms with Crippen molar-refractivity contribution in [3.8, 4) is 11.1 Å². The number of aryl methyl sites for hydroxylation is 1. The number of aliphatic hydroxyl groups excluding tert-OH is 1. The zero-order valence-corrected chi connectivity index (χ0v) is 17.9. The fourth-order valence-electron chi connectivity index (χ4n) is 3.97. The second kappa shape index (κ2) is 8.62. The van der Waals surface area contributed by atoms with Gasteiger partial charge in [-0.3, -0.25) is 4.90 Å². The van der Waals surface area contributed by atoms with Crippen LogP contribution < -0.4 is 4.90 Å². The van der Waals surface area contributed by atoms with Gasteiger partial charge in [-0.25, -0.2) is 13.9 Å². The lowest BCUT2D eigenvalue weighted by Crippen LogP contribution is -2.25. The van der Waals surface area contributed by atoms with E-state index in [4.69, 9.17) is 9.57 Å². The van der Waals surface area contributed by atoms with Crippen molar-refractivity contribution in [2.75, 3.05) is 18.1 Å². The number of benzene rings is 2. The molecule has 33 heavy (non-hydrogen) atoms. The number of anilines is 1. The van der Waals surface area contributed by atoms with Crippen molar-refractivity contribution >= 4 is 17.5 Å². The summed E-state index contributed by atoms with van der Waals surface area (Å²) in [6, 6.07) is 12.0. The van der Waals surface area contributed by atoms with Gasteiger partial charge in [0.25, 0.3) is 0 Å². The maximum absolute atomic E-state index is 14.9. The summed E-state index contributed by atoms with van der Waals surface area (Å²) in [6.07, 6.45) is 1.18. The van der Waals surface area contributed by atoms with Crippen molar-refractivity contribution in [2.24, 2.45) is 5.16 Å². The summed E-state index contributed by atoms with van der Waals surface area (Å²) < 4.78 is 21.6. The van der Waals surface area contributed by atoms with E-state index in [0.717, 1.165) is 17.0 Å². The minimum Gasteiger partial charge on any atom is -0.441 e. The summed E-state index contributed by atoms with van der Waals surface area (Å²) in [5.41, 5.74) is 4.09. The van der Waals surface area contributed by atoms with Crippen LogP contribution in [0.25, 0.3) is 11.1 Å². The fraction of sp³-hybridized carbons (Fsp3) is 0.304. The molecule has 0 saturated carbocycles. The normalized spacial score (nSPS) is 20.0. The first-order chi connectivity index (χ1) is 16.0. The van der Waals surface area contributed by atoms with Crippen molar-refractivity contribution in [1.82, 2.24) is 15.0 Å². The van der Waals surface area contributed by atoms with E-state index >= 15 is 0 Å². The minimum absolute atomic E-state index is 0.117. The van der Waals surface area contributed by atoms with Gasteiger partial charge in [-0.1, -0.05) is 34.6 Å². The SMILES string of the molecule is Cc1cn(CC2CC(c3ccc(-c4ccc(N5C[C@H](CO)OC5=O)cc4F)cc3)=NO2)nn1. The lowest BCUT2D eigenvalue weighted by Gasteiger charge is -2.14. The van der Waals surface area contributed by atoms with Crippen LogP contribution in [0.2, 0.25) is 0 Å². The number of cyclic esters (lactones) is 1. The molecule has 0 aliphatic carbocycles. The molecule has 0 radical (unpaired) electrons. The summed E-state index contributed by atoms with van der Waals surface area (Å²) in [7, 11) is 0. The summed E-state index contributed by atoms with van der Waals surface area (Å²) in [5, 5.41) is 21.4. The molecule has 10 heteroatoms. The number of hydrogen-bond donors (Lipinski definition) is 1. The van der Waals surface area contributed by atoms with Gasteiger partial charge in [-0.15, -0.1) is 5.10 Å². The Morgan fingerprint density at radius 2 is 1.94 bits per heavy atom. The van der Waals surface area contributed by atoms with Gasteiger partial charge in [0.15, 0.2) is 6.10 Å². The van der Waals surface area contributed by atoms with E-state index in [0.29, 0.717) is 29.8 Å². The molecule has 2 aromatic carbocycles. The summed E-state index contributed by atoms with van der Waals surface area (Å²) in [6.45, 7) is 2.36. The quantitative estimate of drug-likeness (QED) is 0.618. The predicted molar refractivity (Wildman–Crippen MR) is 117 cm³/mol. The highest BCUT2D eigenvalue weighted by atomic mass is 19.1. The molecule has 1 saturated heterocycles. The molecule has 2 aliphatic rings. The van der Waals surface area contributed by atoms with Crippen LogP contribution in [0.3, 0.4) is 0 Å². The van der Waals surface area contributed by atoms with Crippen molar-refractivity contribution in [1.29, 1.82) is 0 Å². The smallest absolute Gasteiger partial charge is 0.414 e. The number of hydrogen-bond acceptors (Lipinski definition) is 7. The standard InChI is InChI=1S/C23H22FN5O4/c1-14-10-28(27-25-14)11-18-9-22(26-33-18)16-4-2-15(3-5-16)20-7-6-17(8-21(20)24)29-12-19(13-30)32-23(29)31/h2-8,10,18-19,30H,9,11-13H2,1H3/t18?,19-/m1/s1. The van der Waals surface area contributed by atoms with Crippen LogP contribution in [0.1, 0.15) is 17.7 Å². The Labute approximate surface area is 189 Å². The first kappa shape index (κ1) is 21.1. The molecule has 1 aromatic heterocycles. The summed E-state index contributed by atoms with van der Waals surface area (Å²) in [4.78, 5) is 18.8. The van der Waals surface area contributed by atoms with Crippen LogP contribution in [-0.4, -0.2) is 57.3 Å². The lowest BCUT2D eigenvalue weighted by atomic mass is 9.99. The first-order valence-corrected chi connectivity index (χ1v) is 10.6. The number of rotatable bonds is 6. The maximum Gasteiger partial charge on any atom is 0.414 e. The molecule has 3 heterocycles. The van der Waals surface area contributed by atoms with Crippen LogP contribution in [0.5, 0.6) is 0 Å². The highest BCUT2D eigenvalue weighted by Crippen LogP contribution is 2.30. The molecule has 9 nitrogen and oxygen atoms in total. The van der Waals surface area contributed by atoms with Crippen molar-refractivity contribution in [3.05, 3.63) is 65.7 Å². The van der Waals surface area contributed by atoms with E-state index in [9.17, 15) is 14.3 Å². The number of halogens is 1. The van der Waals surface area contributed by atoms with E-state index < -0.39 is 18.0 Å². The topological polar surface area (TPSA) is 102 Å². The Balaban J connectivity index is 1.26. The third-order valence-electron chi connectivity index (χ3n) is 5.65. The highest BCUT2D eigenvalue weighted by Gasteiger charge is 2.32. The number of oxime groups is 1. The minimum atomic E-state index is -0.602. The van der Waals surface area contributed by atoms with Crippen molar-refractivity contribution < 1.29 is 23.9 Å². The third kappa shape index (κ3) is 4.29. The number of amides is 1. The molecule has 2 atom stereocenters.